The zero-order valence-electron chi connectivity index (χ0n) is 16.4. The Morgan fingerprint density at radius 2 is 1.87 bits per heavy atom. The minimum Gasteiger partial charge on any atom is -0.496 e. The van der Waals surface area contributed by atoms with Crippen LogP contribution in [0.3, 0.4) is 0 Å². The van der Waals surface area contributed by atoms with Crippen molar-refractivity contribution in [1.82, 2.24) is 4.98 Å². The van der Waals surface area contributed by atoms with E-state index in [4.69, 9.17) is 10.5 Å². The number of ether oxygens (including phenoxy) is 1. The van der Waals surface area contributed by atoms with Crippen molar-refractivity contribution in [3.8, 4) is 5.75 Å². The first kappa shape index (κ1) is 21.0. The third-order valence-electron chi connectivity index (χ3n) is 4.14. The molecule has 1 aromatic heterocycles. The summed E-state index contributed by atoms with van der Waals surface area (Å²) in [5.74, 6) is -0.303. The molecular formula is C21H20N4O4S. The topological polar surface area (TPSA) is 123 Å². The molecule has 9 heteroatoms. The molecule has 0 spiro atoms. The summed E-state index contributed by atoms with van der Waals surface area (Å²) in [6, 6.07) is 11.5. The number of nitrogens with zero attached hydrogens (tertiary/aromatic N) is 1. The van der Waals surface area contributed by atoms with Gasteiger partial charge in [-0.05, 0) is 31.2 Å². The summed E-state index contributed by atoms with van der Waals surface area (Å²) in [5.41, 5.74) is 7.11. The van der Waals surface area contributed by atoms with E-state index in [2.05, 4.69) is 15.6 Å². The molecular weight excluding hydrogens is 404 g/mol. The number of nitrogens with two attached hydrogens (primary N) is 1. The Balaban J connectivity index is 1.81. The fourth-order valence-electron chi connectivity index (χ4n) is 2.80. The summed E-state index contributed by atoms with van der Waals surface area (Å²) in [6.45, 7) is 1.86. The summed E-state index contributed by atoms with van der Waals surface area (Å²) in [4.78, 5) is 41.3. The molecule has 0 bridgehead atoms. The number of urea groups is 1. The van der Waals surface area contributed by atoms with E-state index in [1.165, 1.54) is 13.3 Å². The SMILES string of the molecule is COc1ccccc1C(=O)c1cc(C)ccc1NC(=O)Nc1ncc(CC(N)=O)s1. The van der Waals surface area contributed by atoms with Gasteiger partial charge in [-0.2, -0.15) is 0 Å². The highest BCUT2D eigenvalue weighted by atomic mass is 32.1. The van der Waals surface area contributed by atoms with E-state index in [-0.39, 0.29) is 12.2 Å². The number of amides is 3. The van der Waals surface area contributed by atoms with Crippen LogP contribution in [0.25, 0.3) is 0 Å². The maximum Gasteiger partial charge on any atom is 0.325 e. The number of aromatic nitrogens is 1. The molecule has 3 rings (SSSR count). The van der Waals surface area contributed by atoms with Gasteiger partial charge in [0.15, 0.2) is 10.9 Å². The molecule has 0 fully saturated rings. The summed E-state index contributed by atoms with van der Waals surface area (Å²) < 4.78 is 5.29. The van der Waals surface area contributed by atoms with Crippen molar-refractivity contribution in [2.75, 3.05) is 17.7 Å². The molecule has 0 aliphatic carbocycles. The van der Waals surface area contributed by atoms with E-state index in [0.717, 1.165) is 16.9 Å². The smallest absolute Gasteiger partial charge is 0.325 e. The van der Waals surface area contributed by atoms with Crippen molar-refractivity contribution in [3.63, 3.8) is 0 Å². The lowest BCUT2D eigenvalue weighted by Crippen LogP contribution is -2.21. The standard InChI is InChI=1S/C21H20N4O4S/c1-12-7-8-16(15(9-12)19(27)14-5-3-4-6-17(14)29-2)24-20(28)25-21-23-11-13(30-21)10-18(22)26/h3-9,11H,10H2,1-2H3,(H2,22,26)(H2,23,24,25,28). The molecule has 3 aromatic rings. The lowest BCUT2D eigenvalue weighted by Gasteiger charge is -2.13. The maximum absolute atomic E-state index is 13.1. The molecule has 1 heterocycles. The Labute approximate surface area is 177 Å². The van der Waals surface area contributed by atoms with E-state index in [1.807, 2.05) is 6.92 Å². The first-order valence-electron chi connectivity index (χ1n) is 8.96. The van der Waals surface area contributed by atoms with Gasteiger partial charge in [0.25, 0.3) is 0 Å². The Morgan fingerprint density at radius 1 is 1.10 bits per heavy atom. The Bertz CT molecular complexity index is 1110. The van der Waals surface area contributed by atoms with Crippen LogP contribution >= 0.6 is 11.3 Å². The number of ketones is 1. The lowest BCUT2D eigenvalue weighted by atomic mass is 9.99. The second-order valence-corrected chi connectivity index (χ2v) is 7.55. The van der Waals surface area contributed by atoms with Gasteiger partial charge in [-0.3, -0.25) is 14.9 Å². The first-order chi connectivity index (χ1) is 14.4. The van der Waals surface area contributed by atoms with Crippen molar-refractivity contribution in [2.24, 2.45) is 5.73 Å². The number of hydrogen-bond acceptors (Lipinski definition) is 6. The van der Waals surface area contributed by atoms with Crippen LogP contribution in [-0.2, 0) is 11.2 Å². The predicted molar refractivity (Wildman–Crippen MR) is 115 cm³/mol. The number of methoxy groups -OCH3 is 1. The van der Waals surface area contributed by atoms with Crippen molar-refractivity contribution >= 4 is 39.9 Å². The summed E-state index contributed by atoms with van der Waals surface area (Å²) >= 11 is 1.15. The van der Waals surface area contributed by atoms with Crippen LogP contribution in [0.15, 0.2) is 48.7 Å². The molecule has 3 amide bonds. The van der Waals surface area contributed by atoms with Crippen LogP contribution in [-0.4, -0.2) is 29.8 Å². The van der Waals surface area contributed by atoms with Crippen LogP contribution < -0.4 is 21.1 Å². The van der Waals surface area contributed by atoms with E-state index >= 15 is 0 Å². The fraction of sp³-hybridized carbons (Fsp3) is 0.143. The van der Waals surface area contributed by atoms with Gasteiger partial charge in [0.05, 0.1) is 24.8 Å². The number of carbonyl (C=O) groups excluding carboxylic acids is 3. The molecule has 0 radical (unpaired) electrons. The second-order valence-electron chi connectivity index (χ2n) is 6.43. The molecule has 8 nitrogen and oxygen atoms in total. The molecule has 0 saturated carbocycles. The van der Waals surface area contributed by atoms with Crippen LogP contribution in [0.4, 0.5) is 15.6 Å². The number of hydrogen-bond donors (Lipinski definition) is 3. The quantitative estimate of drug-likeness (QED) is 0.502. The predicted octanol–water partition coefficient (Wildman–Crippen LogP) is 3.36. The van der Waals surface area contributed by atoms with Gasteiger partial charge >= 0.3 is 6.03 Å². The number of para-hydroxylation sites is 1. The monoisotopic (exact) mass is 424 g/mol. The van der Waals surface area contributed by atoms with Crippen molar-refractivity contribution < 1.29 is 19.1 Å². The van der Waals surface area contributed by atoms with Crippen LogP contribution in [0.2, 0.25) is 0 Å². The largest absolute Gasteiger partial charge is 0.496 e. The Kier molecular flexibility index (Phi) is 6.43. The molecule has 0 saturated heterocycles. The molecule has 154 valence electrons. The third-order valence-corrected chi connectivity index (χ3v) is 5.05. The van der Waals surface area contributed by atoms with Crippen molar-refractivity contribution in [2.45, 2.75) is 13.3 Å². The lowest BCUT2D eigenvalue weighted by molar-refractivity contribution is -0.117. The van der Waals surface area contributed by atoms with Crippen LogP contribution in [0.5, 0.6) is 5.75 Å². The zero-order valence-corrected chi connectivity index (χ0v) is 17.2. The fourth-order valence-corrected chi connectivity index (χ4v) is 3.62. The van der Waals surface area contributed by atoms with Gasteiger partial charge in [0.1, 0.15) is 5.75 Å². The van der Waals surface area contributed by atoms with Crippen molar-refractivity contribution in [1.29, 1.82) is 0 Å². The van der Waals surface area contributed by atoms with Gasteiger partial charge in [0, 0.05) is 16.6 Å². The minimum absolute atomic E-state index is 0.0521. The molecule has 4 N–H and O–H groups in total. The minimum atomic E-state index is -0.562. The van der Waals surface area contributed by atoms with Gasteiger partial charge in [-0.1, -0.05) is 23.8 Å². The highest BCUT2D eigenvalue weighted by Gasteiger charge is 2.19. The Hall–Kier alpha value is -3.72. The number of thiazole rings is 1. The zero-order chi connectivity index (χ0) is 21.7. The van der Waals surface area contributed by atoms with Crippen LogP contribution in [0, 0.1) is 6.92 Å². The molecule has 0 unspecified atom stereocenters. The third kappa shape index (κ3) is 5.00. The summed E-state index contributed by atoms with van der Waals surface area (Å²) in [6.07, 6.45) is 1.53. The van der Waals surface area contributed by atoms with Gasteiger partial charge < -0.3 is 15.8 Å². The molecule has 0 aliphatic rings. The molecule has 0 atom stereocenters. The maximum atomic E-state index is 13.1. The average molecular weight is 424 g/mol. The normalized spacial score (nSPS) is 10.3. The van der Waals surface area contributed by atoms with Gasteiger partial charge in [-0.25, -0.2) is 9.78 Å². The molecule has 30 heavy (non-hydrogen) atoms. The Morgan fingerprint density at radius 3 is 2.60 bits per heavy atom. The molecule has 0 aliphatic heterocycles. The number of nitrogens with one attached hydrogen (secondary N) is 2. The van der Waals surface area contributed by atoms with Crippen LogP contribution in [0.1, 0.15) is 26.4 Å². The average Bonchev–Trinajstić information content (AvgIpc) is 3.14. The summed E-state index contributed by atoms with van der Waals surface area (Å²) in [7, 11) is 1.50. The second kappa shape index (κ2) is 9.19. The number of benzene rings is 2. The number of primary amides is 1. The van der Waals surface area contributed by atoms with E-state index in [9.17, 15) is 14.4 Å². The van der Waals surface area contributed by atoms with E-state index in [1.54, 1.807) is 42.5 Å². The van der Waals surface area contributed by atoms with Gasteiger partial charge in [0.2, 0.25) is 5.91 Å². The number of anilines is 2. The highest BCUT2D eigenvalue weighted by Crippen LogP contribution is 2.26. The summed E-state index contributed by atoms with van der Waals surface area (Å²) in [5, 5.41) is 5.60. The van der Waals surface area contributed by atoms with E-state index < -0.39 is 11.9 Å². The van der Waals surface area contributed by atoms with Gasteiger partial charge in [-0.15, -0.1) is 11.3 Å². The number of carbonyl (C=O) groups is 3. The number of aryl methyl sites for hydroxylation is 1. The molecule has 2 aromatic carbocycles. The van der Waals surface area contributed by atoms with E-state index in [0.29, 0.717) is 32.6 Å². The van der Waals surface area contributed by atoms with Crippen molar-refractivity contribution in [3.05, 3.63) is 70.2 Å². The highest BCUT2D eigenvalue weighted by molar-refractivity contribution is 7.15. The number of rotatable bonds is 7. The first-order valence-corrected chi connectivity index (χ1v) is 9.78.